The van der Waals surface area contributed by atoms with E-state index < -0.39 is 8.32 Å². The highest BCUT2D eigenvalue weighted by Gasteiger charge is 2.53. The minimum absolute atomic E-state index is 0.0206. The van der Waals surface area contributed by atoms with Gasteiger partial charge in [-0.2, -0.15) is 5.26 Å². The highest BCUT2D eigenvalue weighted by molar-refractivity contribution is 6.99. The van der Waals surface area contributed by atoms with Gasteiger partial charge in [0, 0.05) is 18.8 Å². The van der Waals surface area contributed by atoms with E-state index in [1.807, 2.05) is 25.1 Å². The zero-order valence-corrected chi connectivity index (χ0v) is 21.2. The van der Waals surface area contributed by atoms with Crippen LogP contribution in [0.5, 0.6) is 0 Å². The van der Waals surface area contributed by atoms with Crippen LogP contribution in [0.2, 0.25) is 5.04 Å². The van der Waals surface area contributed by atoms with Crippen LogP contribution in [0.4, 0.5) is 0 Å². The molecule has 2 aromatic rings. The lowest BCUT2D eigenvalue weighted by Gasteiger charge is -2.45. The molecular formula is C28H35NO3Si. The third-order valence-corrected chi connectivity index (χ3v) is 11.6. The van der Waals surface area contributed by atoms with E-state index in [4.69, 9.17) is 9.16 Å². The quantitative estimate of drug-likeness (QED) is 0.398. The third-order valence-electron chi connectivity index (χ3n) is 6.51. The number of ether oxygens (including phenoxy) is 1. The fourth-order valence-electron chi connectivity index (χ4n) is 4.80. The molecule has 2 aromatic carbocycles. The summed E-state index contributed by atoms with van der Waals surface area (Å²) in [4.78, 5) is 11.9. The molecule has 4 nitrogen and oxygen atoms in total. The first-order valence-electron chi connectivity index (χ1n) is 11.8. The molecule has 1 heterocycles. The van der Waals surface area contributed by atoms with Gasteiger partial charge in [-0.3, -0.25) is 4.79 Å². The Morgan fingerprint density at radius 2 is 1.70 bits per heavy atom. The lowest BCUT2D eigenvalue weighted by Crippen LogP contribution is -2.68. The zero-order valence-electron chi connectivity index (χ0n) is 20.2. The van der Waals surface area contributed by atoms with Crippen molar-refractivity contribution in [2.24, 2.45) is 5.92 Å². The Labute approximate surface area is 199 Å². The highest BCUT2D eigenvalue weighted by atomic mass is 28.4. The number of allylic oxidation sites excluding steroid dienone is 1. The summed E-state index contributed by atoms with van der Waals surface area (Å²) in [6, 6.07) is 23.4. The van der Waals surface area contributed by atoms with Crippen molar-refractivity contribution >= 4 is 24.5 Å². The molecule has 1 aliphatic rings. The van der Waals surface area contributed by atoms with Crippen LogP contribution in [-0.2, 0) is 14.0 Å². The second-order valence-corrected chi connectivity index (χ2v) is 13.9. The predicted octanol–water partition coefficient (Wildman–Crippen LogP) is 4.79. The predicted molar refractivity (Wildman–Crippen MR) is 135 cm³/mol. The largest absolute Gasteiger partial charge is 0.402 e. The average molecular weight is 462 g/mol. The molecule has 174 valence electrons. The molecule has 0 amide bonds. The van der Waals surface area contributed by atoms with Crippen LogP contribution in [0.25, 0.3) is 0 Å². The Morgan fingerprint density at radius 1 is 1.12 bits per heavy atom. The second-order valence-electron chi connectivity index (χ2n) is 9.66. The van der Waals surface area contributed by atoms with Gasteiger partial charge >= 0.3 is 0 Å². The van der Waals surface area contributed by atoms with Gasteiger partial charge in [-0.05, 0) is 27.9 Å². The molecule has 3 rings (SSSR count). The van der Waals surface area contributed by atoms with E-state index in [0.29, 0.717) is 25.9 Å². The molecule has 0 N–H and O–H groups in total. The van der Waals surface area contributed by atoms with Crippen LogP contribution in [0.1, 0.15) is 47.0 Å². The first kappa shape index (κ1) is 25.1. The number of carbonyl (C=O) groups excluding carboxylic acids is 1. The van der Waals surface area contributed by atoms with Crippen LogP contribution < -0.4 is 10.4 Å². The lowest BCUT2D eigenvalue weighted by molar-refractivity contribution is -0.114. The molecule has 1 aliphatic heterocycles. The third kappa shape index (κ3) is 5.52. The molecule has 0 radical (unpaired) electrons. The second kappa shape index (κ2) is 11.1. The van der Waals surface area contributed by atoms with Crippen molar-refractivity contribution in [2.75, 3.05) is 6.61 Å². The summed E-state index contributed by atoms with van der Waals surface area (Å²) >= 11 is 0. The summed E-state index contributed by atoms with van der Waals surface area (Å²) in [5.41, 5.74) is 0. The van der Waals surface area contributed by atoms with Gasteiger partial charge in [-0.15, -0.1) is 0 Å². The van der Waals surface area contributed by atoms with Crippen LogP contribution in [0, 0.1) is 17.2 Å². The van der Waals surface area contributed by atoms with Crippen molar-refractivity contribution < 1.29 is 14.0 Å². The Hall–Kier alpha value is -2.52. The van der Waals surface area contributed by atoms with Crippen LogP contribution in [0.15, 0.2) is 72.8 Å². The maximum atomic E-state index is 11.9. The summed E-state index contributed by atoms with van der Waals surface area (Å²) < 4.78 is 13.4. The van der Waals surface area contributed by atoms with E-state index in [0.717, 1.165) is 0 Å². The maximum Gasteiger partial charge on any atom is 0.261 e. The smallest absolute Gasteiger partial charge is 0.261 e. The zero-order chi connectivity index (χ0) is 23.9. The van der Waals surface area contributed by atoms with Gasteiger partial charge in [-0.25, -0.2) is 0 Å². The van der Waals surface area contributed by atoms with Crippen molar-refractivity contribution in [1.82, 2.24) is 0 Å². The van der Waals surface area contributed by atoms with Crippen LogP contribution in [0.3, 0.4) is 0 Å². The van der Waals surface area contributed by atoms with Gasteiger partial charge in [0.25, 0.3) is 8.32 Å². The SMILES string of the molecule is CCC(=O)/C=C/[C@H]1OC[C@H](O[Si](c2ccccc2)(c2ccccc2)C(C)(C)C)[C@@H]1CCC#N. The van der Waals surface area contributed by atoms with Gasteiger partial charge < -0.3 is 9.16 Å². The van der Waals surface area contributed by atoms with Gasteiger partial charge in [0.2, 0.25) is 0 Å². The Kier molecular flexibility index (Phi) is 8.42. The van der Waals surface area contributed by atoms with Crippen molar-refractivity contribution in [3.8, 4) is 6.07 Å². The molecule has 0 aliphatic carbocycles. The van der Waals surface area contributed by atoms with Crippen molar-refractivity contribution in [1.29, 1.82) is 5.26 Å². The van der Waals surface area contributed by atoms with Gasteiger partial charge in [0.1, 0.15) is 0 Å². The minimum Gasteiger partial charge on any atom is -0.402 e. The number of rotatable bonds is 9. The van der Waals surface area contributed by atoms with Gasteiger partial charge in [0.05, 0.1) is 24.9 Å². The monoisotopic (exact) mass is 461 g/mol. The molecule has 1 saturated heterocycles. The van der Waals surface area contributed by atoms with E-state index in [2.05, 4.69) is 75.4 Å². The van der Waals surface area contributed by atoms with E-state index in [1.54, 1.807) is 6.08 Å². The fraction of sp³-hybridized carbons (Fsp3) is 0.429. The summed E-state index contributed by atoms with van der Waals surface area (Å²) in [5, 5.41) is 11.6. The number of ketones is 1. The Balaban J connectivity index is 2.06. The molecule has 0 saturated carbocycles. The molecule has 0 unspecified atom stereocenters. The molecule has 0 bridgehead atoms. The lowest BCUT2D eigenvalue weighted by atomic mass is 9.93. The van der Waals surface area contributed by atoms with Crippen molar-refractivity contribution in [3.05, 3.63) is 72.8 Å². The topological polar surface area (TPSA) is 59.3 Å². The normalized spacial score (nSPS) is 21.2. The minimum atomic E-state index is -2.73. The average Bonchev–Trinajstić information content (AvgIpc) is 3.20. The van der Waals surface area contributed by atoms with Gasteiger partial charge in [-0.1, -0.05) is 94.4 Å². The summed E-state index contributed by atoms with van der Waals surface area (Å²) in [6.07, 6.45) is 4.68. The molecule has 0 spiro atoms. The Bertz CT molecular complexity index is 936. The van der Waals surface area contributed by atoms with Crippen molar-refractivity contribution in [3.63, 3.8) is 0 Å². The van der Waals surface area contributed by atoms with E-state index in [-0.39, 0.29) is 28.9 Å². The van der Waals surface area contributed by atoms with E-state index in [9.17, 15) is 10.1 Å². The first-order chi connectivity index (χ1) is 15.8. The van der Waals surface area contributed by atoms with Gasteiger partial charge in [0.15, 0.2) is 5.78 Å². The standard InChI is InChI=1S/C28H35NO3Si/c1-5-22(30)18-19-26-25(17-12-20-29)27(21-31-26)32-33(28(2,3)4,23-13-8-6-9-14-23)24-15-10-7-11-16-24/h6-11,13-16,18-19,25-27H,5,12,17,21H2,1-4H3/b19-18+/t25-,26-,27+/m1/s1. The molecule has 0 aromatic heterocycles. The Morgan fingerprint density at radius 3 is 2.18 bits per heavy atom. The van der Waals surface area contributed by atoms with E-state index >= 15 is 0 Å². The number of nitrogens with zero attached hydrogens (tertiary/aromatic N) is 1. The summed E-state index contributed by atoms with van der Waals surface area (Å²) in [6.45, 7) is 9.09. The number of nitriles is 1. The van der Waals surface area contributed by atoms with Crippen LogP contribution in [-0.4, -0.2) is 32.9 Å². The molecule has 3 atom stereocenters. The van der Waals surface area contributed by atoms with E-state index in [1.165, 1.54) is 10.4 Å². The molecule has 1 fully saturated rings. The number of hydrogen-bond donors (Lipinski definition) is 0. The van der Waals surface area contributed by atoms with Crippen LogP contribution >= 0.6 is 0 Å². The molecule has 5 heteroatoms. The highest BCUT2D eigenvalue weighted by Crippen LogP contribution is 2.40. The maximum absolute atomic E-state index is 11.9. The molecular weight excluding hydrogens is 426 g/mol. The fourth-order valence-corrected chi connectivity index (χ4v) is 9.52. The number of hydrogen-bond acceptors (Lipinski definition) is 4. The first-order valence-corrected chi connectivity index (χ1v) is 13.7. The number of benzene rings is 2. The van der Waals surface area contributed by atoms with Crippen molar-refractivity contribution in [2.45, 2.75) is 64.2 Å². The summed E-state index contributed by atoms with van der Waals surface area (Å²) in [5.74, 6) is 0.0983. The summed E-state index contributed by atoms with van der Waals surface area (Å²) in [7, 11) is -2.73. The number of carbonyl (C=O) groups is 1. The molecule has 33 heavy (non-hydrogen) atoms.